The Balaban J connectivity index is 0.965. The van der Waals surface area contributed by atoms with E-state index in [1.807, 2.05) is 36.4 Å². The number of piperazine rings is 1. The molecule has 0 atom stereocenters. The lowest BCUT2D eigenvalue weighted by atomic mass is 9.72. The highest BCUT2D eigenvalue weighted by molar-refractivity contribution is 7.90. The Morgan fingerprint density at radius 3 is 2.49 bits per heavy atom. The van der Waals surface area contributed by atoms with Gasteiger partial charge in [0.1, 0.15) is 11.2 Å². The van der Waals surface area contributed by atoms with Crippen LogP contribution in [0.3, 0.4) is 0 Å². The van der Waals surface area contributed by atoms with E-state index in [9.17, 15) is 28.4 Å². The molecule has 4 heterocycles. The van der Waals surface area contributed by atoms with Crippen molar-refractivity contribution < 1.29 is 28.0 Å². The molecular weight excluding hydrogens is 868 g/mol. The molecule has 1 aliphatic heterocycles. The first-order valence-corrected chi connectivity index (χ1v) is 24.0. The van der Waals surface area contributed by atoms with Crippen molar-refractivity contribution in [2.24, 2.45) is 11.3 Å². The number of hydrogen-bond acceptors (Lipinski definition) is 11. The number of H-pyrrole nitrogens is 1. The summed E-state index contributed by atoms with van der Waals surface area (Å²) in [6, 6.07) is 20.5. The van der Waals surface area contributed by atoms with E-state index in [0.717, 1.165) is 74.1 Å². The summed E-state index contributed by atoms with van der Waals surface area (Å²) in [4.78, 5) is 37.8. The van der Waals surface area contributed by atoms with Gasteiger partial charge in [-0.2, -0.15) is 5.10 Å². The summed E-state index contributed by atoms with van der Waals surface area (Å²) in [6.07, 6.45) is 9.15. The van der Waals surface area contributed by atoms with Crippen molar-refractivity contribution in [2.45, 2.75) is 76.2 Å². The second-order valence-electron chi connectivity index (χ2n) is 18.8. The van der Waals surface area contributed by atoms with Gasteiger partial charge in [-0.3, -0.25) is 19.8 Å². The van der Waals surface area contributed by atoms with Gasteiger partial charge >= 0.3 is 5.69 Å². The van der Waals surface area contributed by atoms with E-state index in [-0.39, 0.29) is 29.3 Å². The molecule has 15 nitrogen and oxygen atoms in total. The van der Waals surface area contributed by atoms with Crippen LogP contribution in [0.1, 0.15) is 81.6 Å². The van der Waals surface area contributed by atoms with Gasteiger partial charge in [-0.05, 0) is 129 Å². The number of nitrogens with one attached hydrogen (secondary N) is 2. The molecule has 1 saturated heterocycles. The lowest BCUT2D eigenvalue weighted by Gasteiger charge is -2.39. The second kappa shape index (κ2) is 17.5. The summed E-state index contributed by atoms with van der Waals surface area (Å²) in [7, 11) is -4.62. The Morgan fingerprint density at radius 2 is 1.75 bits per heavy atom. The fraction of sp³-hybridized carbons (Fsp3) is 0.396. The molecule has 17 heteroatoms. The van der Waals surface area contributed by atoms with Gasteiger partial charge < -0.3 is 19.7 Å². The maximum absolute atomic E-state index is 14.2. The maximum Gasteiger partial charge on any atom is 0.312 e. The molecule has 2 aliphatic carbocycles. The number of nitro benzene ring substituents is 1. The number of aromatic amines is 1. The number of pyridine rings is 1. The monoisotopic (exact) mass is 920 g/mol. The molecule has 3 aromatic carbocycles. The number of carbonyl (C=O) groups is 1. The van der Waals surface area contributed by atoms with Crippen LogP contribution in [-0.4, -0.2) is 93.9 Å². The summed E-state index contributed by atoms with van der Waals surface area (Å²) in [5.74, 6) is -0.927. The number of fused-ring (bicyclic) bond motifs is 2. The number of aliphatic hydroxyl groups is 1. The number of allylic oxidation sites excluding steroid dienone is 1. The average Bonchev–Trinajstić information content (AvgIpc) is 3.92. The Morgan fingerprint density at radius 1 is 1.00 bits per heavy atom. The summed E-state index contributed by atoms with van der Waals surface area (Å²) in [5, 5.41) is 28.7. The molecule has 2 fully saturated rings. The molecule has 3 aromatic heterocycles. The molecule has 340 valence electrons. The van der Waals surface area contributed by atoms with Crippen molar-refractivity contribution in [2.75, 3.05) is 44.2 Å². The number of sulfonamides is 1. The summed E-state index contributed by atoms with van der Waals surface area (Å²) in [6.45, 7) is 10.6. The topological polar surface area (TPSA) is 189 Å². The molecule has 1 saturated carbocycles. The van der Waals surface area contributed by atoms with Gasteiger partial charge in [-0.1, -0.05) is 43.2 Å². The van der Waals surface area contributed by atoms with Crippen LogP contribution in [0.25, 0.3) is 33.3 Å². The zero-order valence-electron chi connectivity index (χ0n) is 36.7. The fourth-order valence-corrected chi connectivity index (χ4v) is 10.5. The number of benzene rings is 3. The van der Waals surface area contributed by atoms with E-state index in [1.165, 1.54) is 28.8 Å². The number of rotatable bonds is 12. The van der Waals surface area contributed by atoms with E-state index in [2.05, 4.69) is 50.6 Å². The molecule has 0 bridgehead atoms. The molecule has 0 unspecified atom stereocenters. The summed E-state index contributed by atoms with van der Waals surface area (Å²) >= 11 is 6.26. The lowest BCUT2D eigenvalue weighted by Crippen LogP contribution is -2.47. The van der Waals surface area contributed by atoms with Gasteiger partial charge in [0, 0.05) is 61.1 Å². The molecule has 3 aliphatic rings. The Kier molecular flexibility index (Phi) is 12.0. The van der Waals surface area contributed by atoms with Gasteiger partial charge in [0.25, 0.3) is 15.9 Å². The van der Waals surface area contributed by atoms with Crippen molar-refractivity contribution in [1.29, 1.82) is 0 Å². The minimum Gasteiger partial charge on any atom is -0.487 e. The van der Waals surface area contributed by atoms with Crippen LogP contribution < -0.4 is 14.4 Å². The number of nitrogens with zero attached hydrogens (tertiary/aromatic N) is 6. The van der Waals surface area contributed by atoms with Crippen molar-refractivity contribution in [1.82, 2.24) is 29.4 Å². The van der Waals surface area contributed by atoms with Crippen LogP contribution in [0, 0.1) is 21.4 Å². The predicted molar refractivity (Wildman–Crippen MR) is 251 cm³/mol. The van der Waals surface area contributed by atoms with Gasteiger partial charge in [0.05, 0.1) is 45.0 Å². The molecule has 65 heavy (non-hydrogen) atoms. The molecule has 0 radical (unpaired) electrons. The highest BCUT2D eigenvalue weighted by Gasteiger charge is 2.32. The second-order valence-corrected chi connectivity index (χ2v) is 21.0. The lowest BCUT2D eigenvalue weighted by molar-refractivity contribution is -0.386. The minimum atomic E-state index is -4.62. The first-order chi connectivity index (χ1) is 31.0. The molecule has 3 N–H and O–H groups in total. The molecule has 6 aromatic rings. The largest absolute Gasteiger partial charge is 0.487 e. The summed E-state index contributed by atoms with van der Waals surface area (Å²) in [5.41, 5.74) is 6.10. The average molecular weight is 922 g/mol. The van der Waals surface area contributed by atoms with Gasteiger partial charge in [-0.25, -0.2) is 22.8 Å². The highest BCUT2D eigenvalue weighted by atomic mass is 35.5. The predicted octanol–water partition coefficient (Wildman–Crippen LogP) is 8.69. The number of carbonyl (C=O) groups excluding carboxylic acids is 1. The van der Waals surface area contributed by atoms with Crippen molar-refractivity contribution >= 4 is 66.5 Å². The van der Waals surface area contributed by atoms with Crippen LogP contribution >= 0.6 is 11.6 Å². The Hall–Kier alpha value is -5.81. The number of hydrogen-bond donors (Lipinski definition) is 3. The van der Waals surface area contributed by atoms with E-state index >= 15 is 0 Å². The number of nitro groups is 1. The van der Waals surface area contributed by atoms with Crippen LogP contribution in [0.2, 0.25) is 5.02 Å². The normalized spacial score (nSPS) is 20.6. The van der Waals surface area contributed by atoms with Crippen molar-refractivity contribution in [3.63, 3.8) is 0 Å². The quantitative estimate of drug-likeness (QED) is 0.0787. The van der Waals surface area contributed by atoms with Crippen LogP contribution in [0.15, 0.2) is 95.7 Å². The van der Waals surface area contributed by atoms with Gasteiger partial charge in [0.2, 0.25) is 0 Å². The molecule has 1 amide bonds. The first-order valence-electron chi connectivity index (χ1n) is 22.1. The van der Waals surface area contributed by atoms with E-state index in [1.54, 1.807) is 30.1 Å². The Labute approximate surface area is 382 Å². The van der Waals surface area contributed by atoms with Crippen LogP contribution in [0.5, 0.6) is 5.75 Å². The molecule has 0 spiro atoms. The van der Waals surface area contributed by atoms with E-state index in [4.69, 9.17) is 21.3 Å². The van der Waals surface area contributed by atoms with Crippen LogP contribution in [0.4, 0.5) is 11.4 Å². The third-order valence-corrected chi connectivity index (χ3v) is 15.0. The molecule has 9 rings (SSSR count). The van der Waals surface area contributed by atoms with Crippen molar-refractivity contribution in [3.8, 4) is 11.4 Å². The number of aromatic nitrogens is 4. The number of halogens is 1. The van der Waals surface area contributed by atoms with Gasteiger partial charge in [-0.15, -0.1) is 0 Å². The third kappa shape index (κ3) is 9.62. The van der Waals surface area contributed by atoms with E-state index < -0.39 is 37.0 Å². The molecular formula is C48H53ClN8O7S. The number of ether oxygens (including phenoxy) is 1. The summed E-state index contributed by atoms with van der Waals surface area (Å²) < 4.78 is 37.3. The first kappa shape index (κ1) is 44.4. The Bertz CT molecular complexity index is 2930. The van der Waals surface area contributed by atoms with Crippen molar-refractivity contribution in [3.05, 3.63) is 117 Å². The minimum absolute atomic E-state index is 0.0259. The SMILES string of the molecule is CC1(C)CCC(CN2CCN(c3ccc(C(=O)NS(=O)(=O)c4ccc(OCC5CCC(C)(O)CC5)c([N+](=O)[O-])c4)c(-n4ncc5nc6[nH]ccc6cc54)c3)CC2)=C(c2ccc(Cl)cc2)C1. The number of amides is 1. The third-order valence-electron chi connectivity index (χ3n) is 13.4. The zero-order valence-corrected chi connectivity index (χ0v) is 38.3. The number of anilines is 1. The fourth-order valence-electron chi connectivity index (χ4n) is 9.44. The highest BCUT2D eigenvalue weighted by Crippen LogP contribution is 2.44. The zero-order chi connectivity index (χ0) is 45.7. The van der Waals surface area contributed by atoms with Gasteiger partial charge in [0.15, 0.2) is 5.75 Å². The smallest absolute Gasteiger partial charge is 0.312 e. The van der Waals surface area contributed by atoms with Crippen LogP contribution in [-0.2, 0) is 10.0 Å². The van der Waals surface area contributed by atoms with E-state index in [0.29, 0.717) is 48.1 Å². The standard InChI is InChI=1S/C48H53ClN8O7S/c1-47(2)16-14-34(39(27-47)32-4-6-35(49)7-5-32)29-54-20-22-55(23-21-54)36-8-10-38(41(25-36)56-42-24-33-15-19-50-45(33)52-40(42)28-51-56)46(58)53-65(62,63)37-9-11-44(43(26-37)57(60)61)64-30-31-12-17-48(3,59)18-13-31/h4-11,15,19,24-26,28,31,59H,12-14,16-18,20-23,27,29-30H2,1-3H3,(H,50,52)(H,53,58). The maximum atomic E-state index is 14.2.